The summed E-state index contributed by atoms with van der Waals surface area (Å²) in [7, 11) is 0. The molecule has 0 saturated heterocycles. The van der Waals surface area contributed by atoms with Crippen molar-refractivity contribution in [1.82, 2.24) is 44.9 Å². The summed E-state index contributed by atoms with van der Waals surface area (Å²) in [5.41, 5.74) is 26.0. The summed E-state index contributed by atoms with van der Waals surface area (Å²) in [5, 5.41) is 24.0. The van der Waals surface area contributed by atoms with Crippen LogP contribution in [0.15, 0.2) is 413 Å². The molecule has 0 aliphatic rings. The van der Waals surface area contributed by atoms with Gasteiger partial charge in [0.05, 0.1) is 45.8 Å². The number of thiophene rings is 3. The van der Waals surface area contributed by atoms with E-state index in [0.717, 1.165) is 183 Å². The van der Waals surface area contributed by atoms with E-state index in [1.165, 1.54) is 60.5 Å². The van der Waals surface area contributed by atoms with Gasteiger partial charge < -0.3 is 0 Å². The van der Waals surface area contributed by atoms with E-state index >= 15 is 0 Å². The van der Waals surface area contributed by atoms with Crippen LogP contribution in [0.5, 0.6) is 0 Å². The Bertz CT molecular complexity index is 9010. The van der Waals surface area contributed by atoms with Crippen molar-refractivity contribution in [2.45, 2.75) is 0 Å². The minimum atomic E-state index is 0.568. The highest BCUT2D eigenvalue weighted by atomic mass is 32.1. The van der Waals surface area contributed by atoms with Gasteiger partial charge in [-0.15, -0.1) is 34.0 Å². The van der Waals surface area contributed by atoms with Gasteiger partial charge in [0, 0.05) is 164 Å². The maximum atomic E-state index is 9.85. The minimum absolute atomic E-state index is 0.568. The Morgan fingerprint density at radius 3 is 0.969 bits per heavy atom. The first-order valence-electron chi connectivity index (χ1n) is 43.4. The third-order valence-electron chi connectivity index (χ3n) is 25.2. The van der Waals surface area contributed by atoms with Crippen molar-refractivity contribution in [3.63, 3.8) is 0 Å². The number of nitrogens with zero attached hydrogens (tertiary/aromatic N) is 10. The molecule has 131 heavy (non-hydrogen) atoms. The number of rotatable bonds is 15. The zero-order valence-corrected chi connectivity index (χ0v) is 72.4. The SMILES string of the molecule is N#Cc1ccc(-c2cc(-c3ccc4sc5ccccc5c4c3)nc(-c3cc(-c4cccnc4)cc(-c4cccc(-c5cccc(-c6cc(-c7ccc8sc9ccccc9c8c7)nc(-c7cccc(-c8cnccc8-c8ccc9c%10ccc(-c%11cc(-c%12ccc%13sc%14ccccc%14c%13c%12)nc(-c%12cccc(-c%13cccnc%13)c%12)n%11)cc%10c%10ccccc%10c9c8)c7)n6)c5)c4)c3)n2)cc1. The quantitative estimate of drug-likeness (QED) is 0.0911. The van der Waals surface area contributed by atoms with Gasteiger partial charge in [-0.1, -0.05) is 218 Å². The topological polar surface area (TPSA) is 140 Å². The number of hydrogen-bond acceptors (Lipinski definition) is 13. The molecular formula is C118H68N10S3. The van der Waals surface area contributed by atoms with Crippen molar-refractivity contribution < 1.29 is 0 Å². The van der Waals surface area contributed by atoms with E-state index in [4.69, 9.17) is 34.9 Å². The van der Waals surface area contributed by atoms with Gasteiger partial charge in [-0.2, -0.15) is 5.26 Å². The minimum Gasteiger partial charge on any atom is -0.264 e. The van der Waals surface area contributed by atoms with Gasteiger partial charge in [0.2, 0.25) is 0 Å². The summed E-state index contributed by atoms with van der Waals surface area (Å²) >= 11 is 5.42. The number of pyridine rings is 3. The lowest BCUT2D eigenvalue weighted by Crippen LogP contribution is -1.97. The highest BCUT2D eigenvalue weighted by Gasteiger charge is 2.23. The second-order valence-electron chi connectivity index (χ2n) is 33.1. The van der Waals surface area contributed by atoms with Crippen molar-refractivity contribution in [2.75, 3.05) is 0 Å². The summed E-state index contributed by atoms with van der Waals surface area (Å²) in [5.74, 6) is 1.81. The molecule has 0 aliphatic carbocycles. The molecule has 0 bridgehead atoms. The maximum Gasteiger partial charge on any atom is 0.160 e. The number of fused-ring (bicyclic) bond motifs is 15. The van der Waals surface area contributed by atoms with E-state index in [0.29, 0.717) is 23.0 Å². The lowest BCUT2D eigenvalue weighted by Gasteiger charge is -2.16. The van der Waals surface area contributed by atoms with E-state index in [1.807, 2.05) is 72.5 Å². The molecule has 0 saturated carbocycles. The Labute approximate surface area is 764 Å². The van der Waals surface area contributed by atoms with Crippen LogP contribution >= 0.6 is 34.0 Å². The Kier molecular flexibility index (Phi) is 18.7. The van der Waals surface area contributed by atoms with Gasteiger partial charge in [0.15, 0.2) is 17.5 Å². The lowest BCUT2D eigenvalue weighted by molar-refractivity contribution is 1.18. The van der Waals surface area contributed by atoms with E-state index in [-0.39, 0.29) is 0 Å². The van der Waals surface area contributed by atoms with Crippen LogP contribution in [0.1, 0.15) is 5.56 Å². The van der Waals surface area contributed by atoms with Crippen LogP contribution in [0.4, 0.5) is 0 Å². The summed E-state index contributed by atoms with van der Waals surface area (Å²) in [6.07, 6.45) is 11.3. The van der Waals surface area contributed by atoms with Crippen LogP contribution in [0, 0.1) is 11.3 Å². The number of benzene rings is 16. The van der Waals surface area contributed by atoms with Gasteiger partial charge >= 0.3 is 0 Å². The van der Waals surface area contributed by atoms with Crippen molar-refractivity contribution in [3.05, 3.63) is 419 Å². The van der Waals surface area contributed by atoms with Gasteiger partial charge in [-0.05, 0) is 240 Å². The second kappa shape index (κ2) is 31.9. The molecule has 0 aliphatic heterocycles. The van der Waals surface area contributed by atoms with Crippen LogP contribution in [0.2, 0.25) is 0 Å². The molecule has 0 radical (unpaired) electrons. The number of hydrogen-bond donors (Lipinski definition) is 0. The third kappa shape index (κ3) is 14.1. The molecule has 0 N–H and O–H groups in total. The molecule has 9 heterocycles. The van der Waals surface area contributed by atoms with Crippen molar-refractivity contribution >= 4 is 127 Å². The molecule has 0 amide bonds. The summed E-state index contributed by atoms with van der Waals surface area (Å²) in [6.45, 7) is 0. The average Bonchev–Trinajstić information content (AvgIpc) is 1.22. The van der Waals surface area contributed by atoms with Gasteiger partial charge in [0.25, 0.3) is 0 Å². The van der Waals surface area contributed by atoms with Gasteiger partial charge in [0.1, 0.15) is 0 Å². The van der Waals surface area contributed by atoms with Crippen LogP contribution in [0.3, 0.4) is 0 Å². The molecule has 0 atom stereocenters. The first-order chi connectivity index (χ1) is 64.7. The molecule has 0 fully saturated rings. The summed E-state index contributed by atoms with van der Waals surface area (Å²) in [4.78, 5) is 46.7. The van der Waals surface area contributed by atoms with Gasteiger partial charge in [-0.25, -0.2) is 29.9 Å². The van der Waals surface area contributed by atoms with Crippen molar-refractivity contribution in [2.24, 2.45) is 0 Å². The normalized spacial score (nSPS) is 11.7. The molecule has 10 nitrogen and oxygen atoms in total. The first-order valence-corrected chi connectivity index (χ1v) is 45.8. The molecule has 0 spiro atoms. The highest BCUT2D eigenvalue weighted by Crippen LogP contribution is 2.47. The fourth-order valence-corrected chi connectivity index (χ4v) is 22.0. The third-order valence-corrected chi connectivity index (χ3v) is 28.6. The maximum absolute atomic E-state index is 9.85. The molecule has 25 aromatic rings. The Hall–Kier alpha value is -16.9. The van der Waals surface area contributed by atoms with E-state index in [1.54, 1.807) is 35.1 Å². The first kappa shape index (κ1) is 76.6. The fourth-order valence-electron chi connectivity index (χ4n) is 18.7. The van der Waals surface area contributed by atoms with Gasteiger partial charge in [-0.3, -0.25) is 15.0 Å². The number of aromatic nitrogens is 9. The highest BCUT2D eigenvalue weighted by molar-refractivity contribution is 7.26. The monoisotopic (exact) mass is 1720 g/mol. The van der Waals surface area contributed by atoms with Crippen LogP contribution < -0.4 is 0 Å². The van der Waals surface area contributed by atoms with E-state index in [2.05, 4.69) is 356 Å². The summed E-state index contributed by atoms with van der Waals surface area (Å²) < 4.78 is 7.42. The summed E-state index contributed by atoms with van der Waals surface area (Å²) in [6, 6.07) is 136. The second-order valence-corrected chi connectivity index (χ2v) is 36.3. The van der Waals surface area contributed by atoms with Crippen molar-refractivity contribution in [1.29, 1.82) is 5.26 Å². The molecular weight excluding hydrogens is 1650 g/mol. The van der Waals surface area contributed by atoms with Crippen LogP contribution in [0.25, 0.3) is 261 Å². The smallest absolute Gasteiger partial charge is 0.160 e. The predicted octanol–water partition coefficient (Wildman–Crippen LogP) is 31.7. The van der Waals surface area contributed by atoms with Crippen LogP contribution in [-0.2, 0) is 0 Å². The van der Waals surface area contributed by atoms with Crippen LogP contribution in [-0.4, -0.2) is 44.9 Å². The number of nitriles is 1. The zero-order chi connectivity index (χ0) is 86.6. The Balaban J connectivity index is 0.573. The molecule has 13 heteroatoms. The largest absolute Gasteiger partial charge is 0.264 e. The molecule has 16 aromatic carbocycles. The lowest BCUT2D eigenvalue weighted by atomic mass is 9.89. The molecule has 608 valence electrons. The zero-order valence-electron chi connectivity index (χ0n) is 70.0. The Morgan fingerprint density at radius 1 is 0.176 bits per heavy atom. The molecule has 0 unspecified atom stereocenters. The molecule has 25 rings (SSSR count). The van der Waals surface area contributed by atoms with E-state index < -0.39 is 0 Å². The van der Waals surface area contributed by atoms with Crippen molar-refractivity contribution in [3.8, 4) is 175 Å². The standard InChI is InChI=1S/C118H68N10S3/c119-66-70-33-35-71(36-34-70)104-63-106(80-39-44-113-100(60-80)95-27-3-6-30-110(95)129-113)128-118(123-104)89-56-87(55-88(57-89)86-24-14-49-121-68-86)75-18-9-15-72(51-75)73-16-10-20-78(52-73)105-64-108(81-40-45-114-101(61-81)96-28-4-7-31-111(96)130-114)127-117(124-105)84-22-12-19-76(54-84)103-69-122-50-47-90(103)77-37-42-93-94-43-38-79(59-99(94)92-26-2-1-25-91(92)98(93)58-77)107-65-109(82-41-46-115-102(62-82)97-29-5-8-32-112(97)131-115)126-116(125-107)83-21-11-17-74(53-83)85-23-13-48-120-67-85/h1-65,67-69H. The molecule has 9 aromatic heterocycles. The van der Waals surface area contributed by atoms with E-state index in [9.17, 15) is 5.26 Å². The predicted molar refractivity (Wildman–Crippen MR) is 544 cm³/mol. The average molecular weight is 1720 g/mol. The Morgan fingerprint density at radius 2 is 0.481 bits per heavy atom. The fraction of sp³-hybridized carbons (Fsp3) is 0.